The van der Waals surface area contributed by atoms with Crippen LogP contribution >= 0.6 is 8.60 Å². The van der Waals surface area contributed by atoms with E-state index in [2.05, 4.69) is 0 Å². The van der Waals surface area contributed by atoms with Crippen molar-refractivity contribution in [1.29, 1.82) is 0 Å². The third-order valence-electron chi connectivity index (χ3n) is 2.00. The maximum atomic E-state index is 7.23. The monoisotopic (exact) mass is 316 g/mol. The Bertz CT molecular complexity index is 347. The van der Waals surface area contributed by atoms with E-state index >= 15 is 0 Å². The van der Waals surface area contributed by atoms with E-state index in [0.717, 1.165) is 0 Å². The van der Waals surface area contributed by atoms with E-state index in [1.165, 1.54) is 0 Å². The molecule has 0 aliphatic carbocycles. The smallest absolute Gasteiger partial charge is 0.324 e. The van der Waals surface area contributed by atoms with Gasteiger partial charge in [-0.2, -0.15) is 0 Å². The predicted molar refractivity (Wildman–Crippen MR) is 92.9 cm³/mol. The van der Waals surface area contributed by atoms with Crippen LogP contribution in [-0.4, -0.2) is 14.7 Å². The predicted octanol–water partition coefficient (Wildman–Crippen LogP) is 4.25. The molecule has 3 rings (SSSR count). The van der Waals surface area contributed by atoms with Gasteiger partial charge in [-0.15, -0.1) is 0 Å². The highest BCUT2D eigenvalue weighted by Gasteiger charge is 1.76. The molecule has 0 aromatic heterocycles. The fourth-order valence-electron chi connectivity index (χ4n) is 1.15. The van der Waals surface area contributed by atoms with Crippen LogP contribution in [0.4, 0.5) is 0 Å². The second-order valence-electron chi connectivity index (χ2n) is 3.73. The van der Waals surface area contributed by atoms with Crippen molar-refractivity contribution in [2.75, 3.05) is 0 Å². The third-order valence-corrected chi connectivity index (χ3v) is 2.00. The Morgan fingerprint density at radius 2 is 0.318 bits per heavy atom. The highest BCUT2D eigenvalue weighted by atomic mass is 31.2. The summed E-state index contributed by atoms with van der Waals surface area (Å²) in [5.41, 5.74) is 0. The molecular weight excluding hydrogens is 295 g/mol. The highest BCUT2D eigenvalue weighted by molar-refractivity contribution is 7.38. The Hall–Kier alpha value is -2.03. The van der Waals surface area contributed by atoms with E-state index in [4.69, 9.17) is 14.7 Å². The van der Waals surface area contributed by atoms with Crippen LogP contribution in [-0.2, 0) is 0 Å². The molecule has 0 amide bonds. The summed E-state index contributed by atoms with van der Waals surface area (Å²) in [5.74, 6) is 0. The Morgan fingerprint density at radius 3 is 0.364 bits per heavy atom. The van der Waals surface area contributed by atoms with E-state index in [1.54, 1.807) is 0 Å². The highest BCUT2D eigenvalue weighted by Crippen LogP contribution is 2.11. The van der Waals surface area contributed by atoms with Crippen LogP contribution < -0.4 is 0 Å². The van der Waals surface area contributed by atoms with Crippen LogP contribution in [0.5, 0.6) is 0 Å². The fourth-order valence-corrected chi connectivity index (χ4v) is 1.15. The number of benzene rings is 3. The minimum Gasteiger partial charge on any atom is -0.328 e. The maximum absolute atomic E-state index is 7.23. The lowest BCUT2D eigenvalue weighted by atomic mass is 10.4. The summed E-state index contributed by atoms with van der Waals surface area (Å²) in [7, 11) is -2.62. The van der Waals surface area contributed by atoms with Crippen molar-refractivity contribution in [3.63, 3.8) is 0 Å². The number of hydrogen-bond acceptors (Lipinski definition) is 3. The van der Waals surface area contributed by atoms with Gasteiger partial charge in [-0.25, -0.2) is 0 Å². The van der Waals surface area contributed by atoms with Gasteiger partial charge in [0.05, 0.1) is 0 Å². The van der Waals surface area contributed by atoms with Crippen molar-refractivity contribution >= 4 is 8.60 Å². The minimum atomic E-state index is -2.62. The molecule has 0 unspecified atom stereocenters. The lowest BCUT2D eigenvalue weighted by Crippen LogP contribution is -1.54. The standard InChI is InChI=1S/3C6H6.H3O3P/c3*1-2-4-6-5-3-1;1-4(2)3/h3*1-6H;1-3H. The molecule has 116 valence electrons. The summed E-state index contributed by atoms with van der Waals surface area (Å²) < 4.78 is 0. The Morgan fingerprint density at radius 1 is 0.273 bits per heavy atom. The lowest BCUT2D eigenvalue weighted by molar-refractivity contribution is 0.368. The molecule has 0 aliphatic rings. The van der Waals surface area contributed by atoms with Gasteiger partial charge in [-0.3, -0.25) is 0 Å². The van der Waals surface area contributed by atoms with Gasteiger partial charge in [0.2, 0.25) is 0 Å². The third kappa shape index (κ3) is 20.3. The van der Waals surface area contributed by atoms with Crippen molar-refractivity contribution < 1.29 is 14.7 Å². The molecule has 0 saturated heterocycles. The zero-order valence-corrected chi connectivity index (χ0v) is 13.1. The molecule has 0 heterocycles. The van der Waals surface area contributed by atoms with Crippen molar-refractivity contribution in [2.24, 2.45) is 0 Å². The quantitative estimate of drug-likeness (QED) is 0.543. The van der Waals surface area contributed by atoms with E-state index in [9.17, 15) is 0 Å². The molecule has 0 aliphatic heterocycles. The van der Waals surface area contributed by atoms with E-state index in [-0.39, 0.29) is 0 Å². The molecular formula is C18H21O3P. The molecule has 0 radical (unpaired) electrons. The summed E-state index contributed by atoms with van der Waals surface area (Å²) in [6.45, 7) is 0. The average molecular weight is 316 g/mol. The van der Waals surface area contributed by atoms with Crippen molar-refractivity contribution in [2.45, 2.75) is 0 Å². The molecule has 0 spiro atoms. The van der Waals surface area contributed by atoms with Crippen LogP contribution in [0.25, 0.3) is 0 Å². The first-order valence-corrected chi connectivity index (χ1v) is 7.80. The molecule has 3 nitrogen and oxygen atoms in total. The summed E-state index contributed by atoms with van der Waals surface area (Å²) in [6, 6.07) is 36.0. The van der Waals surface area contributed by atoms with Gasteiger partial charge in [0.1, 0.15) is 0 Å². The van der Waals surface area contributed by atoms with Gasteiger partial charge in [0.25, 0.3) is 0 Å². The van der Waals surface area contributed by atoms with Gasteiger partial charge in [0, 0.05) is 0 Å². The first kappa shape index (κ1) is 20.0. The lowest BCUT2D eigenvalue weighted by Gasteiger charge is -1.76. The second-order valence-corrected chi connectivity index (χ2v) is 4.27. The molecule has 0 bridgehead atoms. The van der Waals surface area contributed by atoms with Gasteiger partial charge < -0.3 is 14.7 Å². The van der Waals surface area contributed by atoms with E-state index in [0.29, 0.717) is 0 Å². The maximum Gasteiger partial charge on any atom is 0.324 e. The van der Waals surface area contributed by atoms with Crippen molar-refractivity contribution in [1.82, 2.24) is 0 Å². The summed E-state index contributed by atoms with van der Waals surface area (Å²) in [4.78, 5) is 21.7. The Balaban J connectivity index is 0.000000271. The molecule has 0 atom stereocenters. The largest absolute Gasteiger partial charge is 0.328 e. The van der Waals surface area contributed by atoms with Crippen LogP contribution in [0.3, 0.4) is 0 Å². The van der Waals surface area contributed by atoms with Crippen LogP contribution in [0, 0.1) is 0 Å². The van der Waals surface area contributed by atoms with Crippen molar-refractivity contribution in [3.8, 4) is 0 Å². The zero-order valence-electron chi connectivity index (χ0n) is 12.2. The van der Waals surface area contributed by atoms with Crippen LogP contribution in [0.1, 0.15) is 0 Å². The van der Waals surface area contributed by atoms with E-state index < -0.39 is 8.60 Å². The van der Waals surface area contributed by atoms with Crippen LogP contribution in [0.15, 0.2) is 109 Å². The van der Waals surface area contributed by atoms with Gasteiger partial charge in [-0.05, 0) is 0 Å². The molecule has 0 saturated carbocycles. The second kappa shape index (κ2) is 17.0. The summed E-state index contributed by atoms with van der Waals surface area (Å²) in [5, 5.41) is 0. The molecule has 0 fully saturated rings. The Labute approximate surface area is 133 Å². The fraction of sp³-hybridized carbons (Fsp3) is 0. The van der Waals surface area contributed by atoms with Crippen LogP contribution in [0.2, 0.25) is 0 Å². The van der Waals surface area contributed by atoms with E-state index in [1.807, 2.05) is 109 Å². The minimum absolute atomic E-state index is 2.00. The topological polar surface area (TPSA) is 60.7 Å². The Kier molecular flexibility index (Phi) is 15.5. The number of rotatable bonds is 0. The average Bonchev–Trinajstić information content (AvgIpc) is 2.60. The number of hydrogen-bond donors (Lipinski definition) is 3. The first-order chi connectivity index (χ1) is 10.7. The SMILES string of the molecule is OP(O)O.c1ccccc1.c1ccccc1.c1ccccc1. The molecule has 3 N–H and O–H groups in total. The first-order valence-electron chi connectivity index (χ1n) is 6.60. The zero-order chi connectivity index (χ0) is 16.3. The molecule has 3 aromatic carbocycles. The normalized spacial score (nSPS) is 8.18. The van der Waals surface area contributed by atoms with Gasteiger partial charge >= 0.3 is 8.60 Å². The summed E-state index contributed by atoms with van der Waals surface area (Å²) in [6.07, 6.45) is 0. The molecule has 22 heavy (non-hydrogen) atoms. The molecule has 3 aromatic rings. The van der Waals surface area contributed by atoms with Gasteiger partial charge in [-0.1, -0.05) is 109 Å². The van der Waals surface area contributed by atoms with Gasteiger partial charge in [0.15, 0.2) is 0 Å². The summed E-state index contributed by atoms with van der Waals surface area (Å²) >= 11 is 0. The van der Waals surface area contributed by atoms with Crippen molar-refractivity contribution in [3.05, 3.63) is 109 Å². The molecule has 4 heteroatoms.